The van der Waals surface area contributed by atoms with Crippen LogP contribution in [0.1, 0.15) is 81.5 Å². The van der Waals surface area contributed by atoms with Gasteiger partial charge in [0.05, 0.1) is 17.4 Å². The maximum absolute atomic E-state index is 13.8. The minimum Gasteiger partial charge on any atom is -0.381 e. The number of nitrogens with one attached hydrogen (secondary N) is 1. The van der Waals surface area contributed by atoms with Gasteiger partial charge in [-0.05, 0) is 62.3 Å². The lowest BCUT2D eigenvalue weighted by Gasteiger charge is -2.29. The van der Waals surface area contributed by atoms with Gasteiger partial charge in [-0.3, -0.25) is 14.0 Å². The highest BCUT2D eigenvalue weighted by Crippen LogP contribution is 2.45. The van der Waals surface area contributed by atoms with Crippen LogP contribution in [-0.2, 0) is 15.0 Å². The molecule has 0 unspecified atom stereocenters. The summed E-state index contributed by atoms with van der Waals surface area (Å²) >= 11 is 6.04. The standard InChI is InChI=1S/C24H33ClN4O5S/c1-15(24(2,3)4)26-23(30)22-21(29(35(31,32)33)19-7-5-17(25)6-8-19)20(16-11-13-34-14-12-16)27-28(22)18-9-10-18/h5-8,15-16,18H,9-14H2,1-4H3,(H,26,30)(H,31,32,33)/t15-/m0/s1. The number of anilines is 2. The fraction of sp³-hybridized carbons (Fsp3) is 0.583. The molecule has 2 N–H and O–H groups in total. The predicted octanol–water partition coefficient (Wildman–Crippen LogP) is 4.87. The van der Waals surface area contributed by atoms with Crippen molar-refractivity contribution < 1.29 is 22.5 Å². The average molecular weight is 525 g/mol. The molecule has 1 aromatic carbocycles. The number of hydrogen-bond donors (Lipinski definition) is 2. The van der Waals surface area contributed by atoms with Crippen LogP contribution in [0.2, 0.25) is 5.02 Å². The summed E-state index contributed by atoms with van der Waals surface area (Å²) in [6.07, 6.45) is 2.95. The molecule has 2 aromatic rings. The first-order valence-corrected chi connectivity index (χ1v) is 13.7. The van der Waals surface area contributed by atoms with E-state index < -0.39 is 16.2 Å². The van der Waals surface area contributed by atoms with Crippen molar-refractivity contribution >= 4 is 39.2 Å². The highest BCUT2D eigenvalue weighted by atomic mass is 35.5. The molecule has 192 valence electrons. The summed E-state index contributed by atoms with van der Waals surface area (Å²) in [6, 6.07) is 5.87. The van der Waals surface area contributed by atoms with Crippen LogP contribution in [0.15, 0.2) is 24.3 Å². The van der Waals surface area contributed by atoms with Crippen molar-refractivity contribution in [2.45, 2.75) is 71.4 Å². The number of carbonyl (C=O) groups excluding carboxylic acids is 1. The van der Waals surface area contributed by atoms with E-state index in [1.54, 1.807) is 4.68 Å². The van der Waals surface area contributed by atoms with Crippen LogP contribution in [0.4, 0.5) is 11.4 Å². The van der Waals surface area contributed by atoms with Crippen LogP contribution >= 0.6 is 11.6 Å². The minimum absolute atomic E-state index is 0.00139. The van der Waals surface area contributed by atoms with Crippen LogP contribution in [0.25, 0.3) is 0 Å². The third-order valence-corrected chi connectivity index (χ3v) is 7.88. The highest BCUT2D eigenvalue weighted by Gasteiger charge is 2.41. The molecular formula is C24H33ClN4O5S. The molecule has 1 aromatic heterocycles. The lowest BCUT2D eigenvalue weighted by Crippen LogP contribution is -2.42. The van der Waals surface area contributed by atoms with Gasteiger partial charge >= 0.3 is 10.3 Å². The number of halogens is 1. The van der Waals surface area contributed by atoms with Crippen LogP contribution in [-0.4, -0.2) is 47.9 Å². The molecule has 1 atom stereocenters. The van der Waals surface area contributed by atoms with Crippen molar-refractivity contribution in [3.8, 4) is 0 Å². The largest absolute Gasteiger partial charge is 0.381 e. The van der Waals surface area contributed by atoms with E-state index in [1.165, 1.54) is 24.3 Å². The minimum atomic E-state index is -4.82. The maximum atomic E-state index is 13.8. The van der Waals surface area contributed by atoms with Crippen LogP contribution in [0.3, 0.4) is 0 Å². The second-order valence-electron chi connectivity index (χ2n) is 10.4. The Bertz CT molecular complexity index is 1180. The number of aromatic nitrogens is 2. The molecule has 1 aliphatic carbocycles. The summed E-state index contributed by atoms with van der Waals surface area (Å²) in [5.41, 5.74) is 0.646. The average Bonchev–Trinajstić information content (AvgIpc) is 3.55. The Morgan fingerprint density at radius 1 is 1.20 bits per heavy atom. The maximum Gasteiger partial charge on any atom is 0.364 e. The molecule has 1 saturated heterocycles. The molecular weight excluding hydrogens is 492 g/mol. The van der Waals surface area contributed by atoms with E-state index in [0.717, 1.165) is 17.1 Å². The van der Waals surface area contributed by atoms with Crippen molar-refractivity contribution in [1.29, 1.82) is 0 Å². The smallest absolute Gasteiger partial charge is 0.364 e. The molecule has 1 saturated carbocycles. The second kappa shape index (κ2) is 9.72. The fourth-order valence-electron chi connectivity index (χ4n) is 4.12. The molecule has 0 bridgehead atoms. The first-order valence-electron chi connectivity index (χ1n) is 11.9. The molecule has 2 heterocycles. The Morgan fingerprint density at radius 3 is 2.31 bits per heavy atom. The molecule has 1 amide bonds. The number of carbonyl (C=O) groups is 1. The first kappa shape index (κ1) is 25.9. The monoisotopic (exact) mass is 524 g/mol. The van der Waals surface area contributed by atoms with Gasteiger partial charge in [0.15, 0.2) is 5.69 Å². The van der Waals surface area contributed by atoms with E-state index in [9.17, 15) is 17.8 Å². The van der Waals surface area contributed by atoms with Gasteiger partial charge in [-0.15, -0.1) is 0 Å². The molecule has 35 heavy (non-hydrogen) atoms. The van der Waals surface area contributed by atoms with Crippen LogP contribution in [0.5, 0.6) is 0 Å². The van der Waals surface area contributed by atoms with Crippen molar-refractivity contribution in [2.24, 2.45) is 5.41 Å². The zero-order valence-corrected chi connectivity index (χ0v) is 22.1. The number of nitrogens with zero attached hydrogens (tertiary/aromatic N) is 3. The Morgan fingerprint density at radius 2 is 1.80 bits per heavy atom. The third-order valence-electron chi connectivity index (χ3n) is 6.77. The zero-order chi connectivity index (χ0) is 25.5. The van der Waals surface area contributed by atoms with Crippen molar-refractivity contribution in [3.05, 3.63) is 40.7 Å². The lowest BCUT2D eigenvalue weighted by atomic mass is 9.88. The Kier molecular flexibility index (Phi) is 7.21. The first-order chi connectivity index (χ1) is 16.4. The second-order valence-corrected chi connectivity index (χ2v) is 12.1. The quantitative estimate of drug-likeness (QED) is 0.499. The van der Waals surface area contributed by atoms with Gasteiger partial charge in [0.25, 0.3) is 5.91 Å². The molecule has 4 rings (SSSR count). The van der Waals surface area contributed by atoms with Crippen LogP contribution < -0.4 is 9.62 Å². The molecule has 0 radical (unpaired) electrons. The summed E-state index contributed by atoms with van der Waals surface area (Å²) in [5, 5.41) is 8.27. The summed E-state index contributed by atoms with van der Waals surface area (Å²) in [7, 11) is -4.82. The van der Waals surface area contributed by atoms with Gasteiger partial charge in [-0.1, -0.05) is 32.4 Å². The van der Waals surface area contributed by atoms with E-state index >= 15 is 0 Å². The molecule has 1 aliphatic heterocycles. The summed E-state index contributed by atoms with van der Waals surface area (Å²) in [4.78, 5) is 13.8. The van der Waals surface area contributed by atoms with E-state index in [2.05, 4.69) is 5.32 Å². The highest BCUT2D eigenvalue weighted by molar-refractivity contribution is 7.87. The SMILES string of the molecule is C[C@H](NC(=O)c1c(N(c2ccc(Cl)cc2)S(=O)(=O)O)c(C2CCOCC2)nn1C1CC1)C(C)(C)C. The number of amides is 1. The van der Waals surface area contributed by atoms with Gasteiger partial charge < -0.3 is 10.1 Å². The van der Waals surface area contributed by atoms with Crippen molar-refractivity contribution in [2.75, 3.05) is 17.5 Å². The summed E-state index contributed by atoms with van der Waals surface area (Å²) < 4.78 is 44.1. The van der Waals surface area contributed by atoms with E-state index in [4.69, 9.17) is 21.4 Å². The lowest BCUT2D eigenvalue weighted by molar-refractivity contribution is 0.0844. The van der Waals surface area contributed by atoms with Gasteiger partial charge in [0.2, 0.25) is 0 Å². The van der Waals surface area contributed by atoms with E-state index in [0.29, 0.717) is 36.8 Å². The molecule has 0 spiro atoms. The van der Waals surface area contributed by atoms with Gasteiger partial charge in [0, 0.05) is 30.2 Å². The Hall–Kier alpha value is -2.14. The van der Waals surface area contributed by atoms with E-state index in [-0.39, 0.29) is 40.5 Å². The van der Waals surface area contributed by atoms with Crippen molar-refractivity contribution in [1.82, 2.24) is 15.1 Å². The summed E-state index contributed by atoms with van der Waals surface area (Å²) in [5.74, 6) is -0.551. The Labute approximate surface area is 211 Å². The number of rotatable bonds is 7. The number of hydrogen-bond acceptors (Lipinski definition) is 5. The van der Waals surface area contributed by atoms with E-state index in [1.807, 2.05) is 27.7 Å². The predicted molar refractivity (Wildman–Crippen MR) is 135 cm³/mol. The molecule has 2 aliphatic rings. The zero-order valence-electron chi connectivity index (χ0n) is 20.5. The summed E-state index contributed by atoms with van der Waals surface area (Å²) in [6.45, 7) is 8.98. The third kappa shape index (κ3) is 5.66. The molecule has 9 nitrogen and oxygen atoms in total. The molecule has 2 fully saturated rings. The van der Waals surface area contributed by atoms with Gasteiger partial charge in [-0.2, -0.15) is 13.5 Å². The van der Waals surface area contributed by atoms with Gasteiger partial charge in [-0.25, -0.2) is 4.31 Å². The topological polar surface area (TPSA) is 114 Å². The normalized spacial score (nSPS) is 18.3. The Balaban J connectivity index is 1.94. The fourth-order valence-corrected chi connectivity index (χ4v) is 5.04. The number of ether oxygens (including phenoxy) is 1. The van der Waals surface area contributed by atoms with Gasteiger partial charge in [0.1, 0.15) is 5.69 Å². The number of benzene rings is 1. The molecule has 11 heteroatoms. The van der Waals surface area contributed by atoms with Crippen molar-refractivity contribution in [3.63, 3.8) is 0 Å². The van der Waals surface area contributed by atoms with Crippen LogP contribution in [0, 0.1) is 5.41 Å².